The van der Waals surface area contributed by atoms with Gasteiger partial charge in [0.2, 0.25) is 5.76 Å². The summed E-state index contributed by atoms with van der Waals surface area (Å²) in [5.41, 5.74) is 10.0. The molecule has 0 fully saturated rings. The summed E-state index contributed by atoms with van der Waals surface area (Å²) in [6.45, 7) is 4.36. The van der Waals surface area contributed by atoms with Crippen molar-refractivity contribution in [1.29, 1.82) is 0 Å². The average molecular weight is 341 g/mol. The Kier molecular flexibility index (Phi) is 6.26. The molecule has 0 saturated carbocycles. The lowest BCUT2D eigenvalue weighted by atomic mass is 10.1. The molecule has 0 unspecified atom stereocenters. The molecule has 0 N–H and O–H groups in total. The van der Waals surface area contributed by atoms with E-state index in [2.05, 4.69) is 9.78 Å². The number of hydrogen-bond donors (Lipinski definition) is 0. The van der Waals surface area contributed by atoms with Crippen molar-refractivity contribution in [3.63, 3.8) is 0 Å². The van der Waals surface area contributed by atoms with Crippen LogP contribution < -0.4 is 4.74 Å². The highest BCUT2D eigenvalue weighted by molar-refractivity contribution is 6.23. The Labute approximate surface area is 145 Å². The van der Waals surface area contributed by atoms with Gasteiger partial charge in [-0.25, -0.2) is 4.99 Å². The molecule has 1 aliphatic carbocycles. The van der Waals surface area contributed by atoms with Gasteiger partial charge in [-0.3, -0.25) is 4.79 Å². The molecule has 0 heterocycles. The van der Waals surface area contributed by atoms with Gasteiger partial charge in [-0.1, -0.05) is 0 Å². The van der Waals surface area contributed by atoms with E-state index in [0.717, 1.165) is 0 Å². The number of aliphatic imine (C=N–C) groups is 1. The molecule has 25 heavy (non-hydrogen) atoms. The number of rotatable bonds is 6. The summed E-state index contributed by atoms with van der Waals surface area (Å²) in [6.07, 6.45) is 3.00. The summed E-state index contributed by atoms with van der Waals surface area (Å²) in [5.74, 6) is 0.870. The van der Waals surface area contributed by atoms with E-state index in [4.69, 9.17) is 19.7 Å². The Balaban J connectivity index is 2.38. The van der Waals surface area contributed by atoms with E-state index in [1.165, 1.54) is 12.2 Å². The molecule has 7 nitrogen and oxygen atoms in total. The third-order valence-electron chi connectivity index (χ3n) is 3.31. The van der Waals surface area contributed by atoms with Crippen LogP contribution in [0.25, 0.3) is 5.53 Å². The molecular formula is C18H19N3O4. The maximum Gasteiger partial charge on any atom is 0.360 e. The highest BCUT2D eigenvalue weighted by Gasteiger charge is 2.26. The number of methoxy groups -OCH3 is 1. The van der Waals surface area contributed by atoms with Gasteiger partial charge in [-0.05, 0) is 38.1 Å². The van der Waals surface area contributed by atoms with Crippen LogP contribution in [0.1, 0.15) is 24.2 Å². The Hall–Kier alpha value is -3.18. The molecule has 0 bridgehead atoms. The molecule has 1 aliphatic rings. The van der Waals surface area contributed by atoms with Crippen molar-refractivity contribution in [2.75, 3.05) is 20.3 Å². The highest BCUT2D eigenvalue weighted by Crippen LogP contribution is 2.17. The fourth-order valence-corrected chi connectivity index (χ4v) is 2.15. The van der Waals surface area contributed by atoms with Crippen LogP contribution in [0.3, 0.4) is 0 Å². The molecule has 0 aromatic heterocycles. The van der Waals surface area contributed by atoms with Crippen LogP contribution >= 0.6 is 0 Å². The molecule has 1 amide bonds. The lowest BCUT2D eigenvalue weighted by molar-refractivity contribution is -0.00791. The first kappa shape index (κ1) is 18.2. The second-order valence-electron chi connectivity index (χ2n) is 4.90. The lowest BCUT2D eigenvalue weighted by Gasteiger charge is -2.13. The van der Waals surface area contributed by atoms with Gasteiger partial charge in [0.05, 0.1) is 26.4 Å². The third-order valence-corrected chi connectivity index (χ3v) is 3.31. The Morgan fingerprint density at radius 3 is 2.28 bits per heavy atom. The van der Waals surface area contributed by atoms with E-state index in [-0.39, 0.29) is 5.71 Å². The van der Waals surface area contributed by atoms with Gasteiger partial charge in [0.25, 0.3) is 5.91 Å². The van der Waals surface area contributed by atoms with E-state index in [9.17, 15) is 4.79 Å². The first-order valence-electron chi connectivity index (χ1n) is 7.81. The van der Waals surface area contributed by atoms with Crippen molar-refractivity contribution >= 4 is 17.3 Å². The van der Waals surface area contributed by atoms with Gasteiger partial charge >= 0.3 is 5.71 Å². The largest absolute Gasteiger partial charge is 0.497 e. The van der Waals surface area contributed by atoms with E-state index in [0.29, 0.717) is 41.8 Å². The van der Waals surface area contributed by atoms with Crippen LogP contribution in [0.4, 0.5) is 0 Å². The zero-order valence-corrected chi connectivity index (χ0v) is 14.4. The topological polar surface area (TPSA) is 93.5 Å². The first-order chi connectivity index (χ1) is 12.1. The van der Waals surface area contributed by atoms with Crippen LogP contribution in [0.5, 0.6) is 5.75 Å². The number of benzene rings is 1. The van der Waals surface area contributed by atoms with E-state index < -0.39 is 5.91 Å². The van der Waals surface area contributed by atoms with E-state index >= 15 is 0 Å². The highest BCUT2D eigenvalue weighted by atomic mass is 16.5. The quantitative estimate of drug-likeness (QED) is 0.452. The Morgan fingerprint density at radius 2 is 1.72 bits per heavy atom. The minimum absolute atomic E-state index is 0.209. The molecule has 0 atom stereocenters. The number of carbonyl (C=O) groups is 1. The smallest absolute Gasteiger partial charge is 0.360 e. The molecule has 0 aliphatic heterocycles. The Morgan fingerprint density at radius 1 is 1.08 bits per heavy atom. The van der Waals surface area contributed by atoms with Gasteiger partial charge in [0.15, 0.2) is 5.76 Å². The maximum atomic E-state index is 12.4. The standard InChI is InChI=1S/C18H19N3O4/c1-4-24-16-11-15(21-19)17(25-5-2)10-14(16)20-18(22)12-6-8-13(23-3)9-7-12/h6-11H,4-5H2,1-3H3. The second kappa shape index (κ2) is 8.61. The first-order valence-corrected chi connectivity index (χ1v) is 7.81. The normalized spacial score (nSPS) is 15.2. The van der Waals surface area contributed by atoms with E-state index in [1.54, 1.807) is 45.2 Å². The summed E-state index contributed by atoms with van der Waals surface area (Å²) in [7, 11) is 1.55. The monoisotopic (exact) mass is 341 g/mol. The summed E-state index contributed by atoms with van der Waals surface area (Å²) in [6, 6.07) is 6.63. The number of ether oxygens (including phenoxy) is 3. The van der Waals surface area contributed by atoms with E-state index in [1.807, 2.05) is 0 Å². The average Bonchev–Trinajstić information content (AvgIpc) is 2.64. The van der Waals surface area contributed by atoms with Gasteiger partial charge in [-0.15, -0.1) is 0 Å². The van der Waals surface area contributed by atoms with Gasteiger partial charge in [-0.2, -0.15) is 4.79 Å². The molecule has 1 aromatic carbocycles. The third kappa shape index (κ3) is 4.43. The maximum absolute atomic E-state index is 12.4. The molecule has 2 rings (SSSR count). The molecule has 0 saturated heterocycles. The van der Waals surface area contributed by atoms with Crippen molar-refractivity contribution in [2.45, 2.75) is 13.8 Å². The summed E-state index contributed by atoms with van der Waals surface area (Å²) in [5, 5.41) is 0. The predicted molar refractivity (Wildman–Crippen MR) is 92.8 cm³/mol. The molecule has 0 spiro atoms. The summed E-state index contributed by atoms with van der Waals surface area (Å²) < 4.78 is 16.0. The van der Waals surface area contributed by atoms with Crippen molar-refractivity contribution in [1.82, 2.24) is 0 Å². The second-order valence-corrected chi connectivity index (χ2v) is 4.90. The minimum Gasteiger partial charge on any atom is -0.497 e. The zero-order valence-electron chi connectivity index (χ0n) is 14.4. The molecule has 7 heteroatoms. The number of carbonyl (C=O) groups excluding carboxylic acids is 1. The van der Waals surface area contributed by atoms with Crippen molar-refractivity contribution in [3.05, 3.63) is 59.0 Å². The molecule has 130 valence electrons. The van der Waals surface area contributed by atoms with Crippen LogP contribution in [-0.2, 0) is 9.47 Å². The molecule has 0 radical (unpaired) electrons. The van der Waals surface area contributed by atoms with Crippen molar-refractivity contribution in [2.24, 2.45) is 4.99 Å². The number of hydrogen-bond acceptors (Lipinski definition) is 4. The minimum atomic E-state index is -0.431. The number of amides is 1. The molecule has 1 aromatic rings. The SMILES string of the molecule is CCOC1=CC(=[N+]=[N-])C(OCC)=CC1=NC(=O)c1ccc(OC)cc1. The van der Waals surface area contributed by atoms with Crippen molar-refractivity contribution in [3.8, 4) is 5.75 Å². The van der Waals surface area contributed by atoms with Crippen LogP contribution in [0.15, 0.2) is 52.9 Å². The predicted octanol–water partition coefficient (Wildman–Crippen LogP) is 2.80. The van der Waals surface area contributed by atoms with Crippen LogP contribution in [0, 0.1) is 0 Å². The molecular weight excluding hydrogens is 322 g/mol. The Bertz CT molecular complexity index is 785. The summed E-state index contributed by atoms with van der Waals surface area (Å²) >= 11 is 0. The van der Waals surface area contributed by atoms with Crippen LogP contribution in [0.2, 0.25) is 0 Å². The lowest BCUT2D eigenvalue weighted by Crippen LogP contribution is -2.19. The summed E-state index contributed by atoms with van der Waals surface area (Å²) in [4.78, 5) is 19.7. The number of allylic oxidation sites excluding steroid dienone is 2. The van der Waals surface area contributed by atoms with Crippen LogP contribution in [-0.4, -0.2) is 42.4 Å². The van der Waals surface area contributed by atoms with Gasteiger partial charge < -0.3 is 19.7 Å². The fraction of sp³-hybridized carbons (Fsp3) is 0.278. The van der Waals surface area contributed by atoms with Gasteiger partial charge in [0.1, 0.15) is 11.5 Å². The van der Waals surface area contributed by atoms with Gasteiger partial charge in [0, 0.05) is 11.6 Å². The number of nitrogens with zero attached hydrogens (tertiary/aromatic N) is 3. The van der Waals surface area contributed by atoms with Crippen molar-refractivity contribution < 1.29 is 23.8 Å². The fourth-order valence-electron chi connectivity index (χ4n) is 2.15. The zero-order chi connectivity index (χ0) is 18.2.